The summed E-state index contributed by atoms with van der Waals surface area (Å²) in [5.74, 6) is -0.708. The summed E-state index contributed by atoms with van der Waals surface area (Å²) in [7, 11) is 0. The molecule has 0 atom stereocenters. The van der Waals surface area contributed by atoms with Gasteiger partial charge in [-0.05, 0) is 41.1 Å². The van der Waals surface area contributed by atoms with Gasteiger partial charge in [-0.3, -0.25) is 4.79 Å². The number of anilines is 3. The zero-order chi connectivity index (χ0) is 14.7. The van der Waals surface area contributed by atoms with E-state index >= 15 is 0 Å². The third kappa shape index (κ3) is 3.26. The summed E-state index contributed by atoms with van der Waals surface area (Å²) in [4.78, 5) is 16.5. The molecule has 4 N–H and O–H groups in total. The Balaban J connectivity index is 2.21. The molecule has 0 spiro atoms. The van der Waals surface area contributed by atoms with Crippen LogP contribution in [0.1, 0.15) is 16.6 Å². The lowest BCUT2D eigenvalue weighted by molar-refractivity contribution is 0.103. The second-order valence-electron chi connectivity index (χ2n) is 3.84. The van der Waals surface area contributed by atoms with Gasteiger partial charge in [-0.2, -0.15) is 0 Å². The van der Waals surface area contributed by atoms with Gasteiger partial charge in [-0.15, -0.1) is 0 Å². The van der Waals surface area contributed by atoms with Crippen LogP contribution in [0.25, 0.3) is 0 Å². The first-order valence-electron chi connectivity index (χ1n) is 5.77. The minimum atomic E-state index is -0.436. The summed E-state index contributed by atoms with van der Waals surface area (Å²) in [6.45, 7) is 2.60. The molecule has 106 valence electrons. The van der Waals surface area contributed by atoms with Crippen molar-refractivity contribution in [2.75, 3.05) is 22.9 Å². The van der Waals surface area contributed by atoms with Crippen molar-refractivity contribution in [1.29, 1.82) is 0 Å². The zero-order valence-corrected chi connectivity index (χ0v) is 12.9. The molecule has 2 aromatic rings. The predicted octanol–water partition coefficient (Wildman–Crippen LogP) is 3.31. The minimum Gasteiger partial charge on any atom is -0.382 e. The van der Waals surface area contributed by atoms with Gasteiger partial charge in [0.15, 0.2) is 5.13 Å². The maximum absolute atomic E-state index is 13.2. The Morgan fingerprint density at radius 2 is 2.30 bits per heavy atom. The quantitative estimate of drug-likeness (QED) is 0.783. The van der Waals surface area contributed by atoms with Crippen molar-refractivity contribution in [1.82, 2.24) is 4.98 Å². The van der Waals surface area contributed by atoms with Crippen molar-refractivity contribution in [2.24, 2.45) is 0 Å². The van der Waals surface area contributed by atoms with Crippen molar-refractivity contribution >= 4 is 49.8 Å². The molecule has 0 bridgehead atoms. The van der Waals surface area contributed by atoms with Gasteiger partial charge in [0.25, 0.3) is 5.91 Å². The first-order valence-corrected chi connectivity index (χ1v) is 7.38. The Hall–Kier alpha value is -1.67. The molecule has 1 aromatic heterocycles. The van der Waals surface area contributed by atoms with Crippen LogP contribution in [-0.4, -0.2) is 17.4 Å². The number of hydrogen-bond donors (Lipinski definition) is 3. The van der Waals surface area contributed by atoms with Crippen molar-refractivity contribution in [3.63, 3.8) is 0 Å². The third-order valence-corrected chi connectivity index (χ3v) is 4.08. The lowest BCUT2D eigenvalue weighted by atomic mass is 10.3. The fraction of sp³-hybridized carbons (Fsp3) is 0.167. The van der Waals surface area contributed by atoms with E-state index in [0.717, 1.165) is 11.3 Å². The molecule has 0 saturated heterocycles. The monoisotopic (exact) mass is 358 g/mol. The number of nitrogens with one attached hydrogen (secondary N) is 2. The van der Waals surface area contributed by atoms with Crippen LogP contribution >= 0.6 is 27.3 Å². The number of nitrogen functional groups attached to an aromatic ring is 1. The van der Waals surface area contributed by atoms with Gasteiger partial charge in [0, 0.05) is 11.0 Å². The Morgan fingerprint density at radius 1 is 1.55 bits per heavy atom. The molecule has 0 aliphatic carbocycles. The molecule has 1 amide bonds. The molecule has 2 rings (SSSR count). The van der Waals surface area contributed by atoms with E-state index < -0.39 is 11.7 Å². The normalized spacial score (nSPS) is 10.3. The van der Waals surface area contributed by atoms with E-state index in [-0.39, 0.29) is 10.7 Å². The van der Waals surface area contributed by atoms with Gasteiger partial charge in [-0.25, -0.2) is 9.37 Å². The average Bonchev–Trinajstić information content (AvgIpc) is 2.75. The number of thiazole rings is 1. The van der Waals surface area contributed by atoms with Gasteiger partial charge in [-0.1, -0.05) is 11.3 Å². The van der Waals surface area contributed by atoms with Crippen molar-refractivity contribution in [2.45, 2.75) is 6.92 Å². The fourth-order valence-electron chi connectivity index (χ4n) is 1.49. The lowest BCUT2D eigenvalue weighted by Gasteiger charge is -2.06. The fourth-order valence-corrected chi connectivity index (χ4v) is 2.69. The number of nitrogens with two attached hydrogens (primary N) is 1. The third-order valence-electron chi connectivity index (χ3n) is 2.36. The predicted molar refractivity (Wildman–Crippen MR) is 82.7 cm³/mol. The molecule has 0 fully saturated rings. The van der Waals surface area contributed by atoms with Gasteiger partial charge in [0.05, 0.1) is 5.69 Å². The van der Waals surface area contributed by atoms with Crippen molar-refractivity contribution in [3.8, 4) is 0 Å². The summed E-state index contributed by atoms with van der Waals surface area (Å²) in [6, 6.07) is 4.04. The average molecular weight is 359 g/mol. The number of amides is 1. The molecule has 5 nitrogen and oxygen atoms in total. The highest BCUT2D eigenvalue weighted by Crippen LogP contribution is 2.28. The molecule has 1 aromatic carbocycles. The maximum atomic E-state index is 13.2. The summed E-state index contributed by atoms with van der Waals surface area (Å²) in [5, 5.41) is 6.16. The highest BCUT2D eigenvalue weighted by Gasteiger charge is 2.17. The van der Waals surface area contributed by atoms with Crippen LogP contribution < -0.4 is 16.4 Å². The lowest BCUT2D eigenvalue weighted by Crippen LogP contribution is -2.12. The number of aromatic nitrogens is 1. The highest BCUT2D eigenvalue weighted by atomic mass is 79.9. The Bertz CT molecular complexity index is 646. The topological polar surface area (TPSA) is 80.0 Å². The molecule has 0 unspecified atom stereocenters. The second-order valence-corrected chi connectivity index (χ2v) is 5.70. The number of hydrogen-bond acceptors (Lipinski definition) is 5. The Labute approximate surface area is 127 Å². The minimum absolute atomic E-state index is 0.149. The number of benzene rings is 1. The van der Waals surface area contributed by atoms with Crippen LogP contribution in [0.5, 0.6) is 0 Å². The summed E-state index contributed by atoms with van der Waals surface area (Å²) >= 11 is 4.40. The molecule has 0 aliphatic heterocycles. The molecule has 8 heteroatoms. The van der Waals surface area contributed by atoms with E-state index in [9.17, 15) is 9.18 Å². The molecule has 0 saturated carbocycles. The highest BCUT2D eigenvalue weighted by molar-refractivity contribution is 9.10. The standard InChI is InChI=1S/C12H12BrFN4OS/c1-2-16-12-18-10(15)9(20-12)11(19)17-8-5-6(14)3-4-7(8)13/h3-5H,2,15H2,1H3,(H,16,18)(H,17,19). The summed E-state index contributed by atoms with van der Waals surface area (Å²) < 4.78 is 13.8. The van der Waals surface area contributed by atoms with Crippen LogP contribution in [0, 0.1) is 5.82 Å². The van der Waals surface area contributed by atoms with E-state index in [1.165, 1.54) is 18.2 Å². The number of rotatable bonds is 4. The number of nitrogens with zero attached hydrogens (tertiary/aromatic N) is 1. The molecule has 20 heavy (non-hydrogen) atoms. The molecule has 0 radical (unpaired) electrons. The summed E-state index contributed by atoms with van der Waals surface area (Å²) in [5.41, 5.74) is 6.05. The molecule has 0 aliphatic rings. The van der Waals surface area contributed by atoms with E-state index in [2.05, 4.69) is 31.5 Å². The first-order chi connectivity index (χ1) is 9.51. The largest absolute Gasteiger partial charge is 0.382 e. The molecular formula is C12H12BrFN4OS. The van der Waals surface area contributed by atoms with Gasteiger partial charge in [0.1, 0.15) is 16.5 Å². The zero-order valence-electron chi connectivity index (χ0n) is 10.5. The summed E-state index contributed by atoms with van der Waals surface area (Å²) in [6.07, 6.45) is 0. The van der Waals surface area contributed by atoms with E-state index in [1.807, 2.05) is 6.92 Å². The van der Waals surface area contributed by atoms with E-state index in [0.29, 0.717) is 21.8 Å². The van der Waals surface area contributed by atoms with Crippen LogP contribution in [0.4, 0.5) is 21.0 Å². The van der Waals surface area contributed by atoms with Gasteiger partial charge >= 0.3 is 0 Å². The van der Waals surface area contributed by atoms with Gasteiger partial charge < -0.3 is 16.4 Å². The molecular weight excluding hydrogens is 347 g/mol. The number of carbonyl (C=O) groups is 1. The SMILES string of the molecule is CCNc1nc(N)c(C(=O)Nc2cc(F)ccc2Br)s1. The van der Waals surface area contributed by atoms with Crippen LogP contribution in [0.2, 0.25) is 0 Å². The number of carbonyl (C=O) groups excluding carboxylic acids is 1. The Morgan fingerprint density at radius 3 is 3.00 bits per heavy atom. The van der Waals surface area contributed by atoms with E-state index in [1.54, 1.807) is 0 Å². The Kier molecular flexibility index (Phi) is 4.56. The van der Waals surface area contributed by atoms with Crippen LogP contribution in [-0.2, 0) is 0 Å². The smallest absolute Gasteiger partial charge is 0.269 e. The maximum Gasteiger partial charge on any atom is 0.269 e. The van der Waals surface area contributed by atoms with Gasteiger partial charge in [0.2, 0.25) is 0 Å². The van der Waals surface area contributed by atoms with Crippen LogP contribution in [0.15, 0.2) is 22.7 Å². The van der Waals surface area contributed by atoms with Crippen molar-refractivity contribution < 1.29 is 9.18 Å². The van der Waals surface area contributed by atoms with Crippen LogP contribution in [0.3, 0.4) is 0 Å². The van der Waals surface area contributed by atoms with E-state index in [4.69, 9.17) is 5.73 Å². The first kappa shape index (κ1) is 14.7. The number of halogens is 2. The second kappa shape index (κ2) is 6.19. The van der Waals surface area contributed by atoms with Crippen molar-refractivity contribution in [3.05, 3.63) is 33.4 Å². The molecule has 1 heterocycles.